The van der Waals surface area contributed by atoms with Crippen LogP contribution in [0.5, 0.6) is 0 Å². The lowest BCUT2D eigenvalue weighted by Gasteiger charge is -1.99. The van der Waals surface area contributed by atoms with E-state index >= 15 is 0 Å². The van der Waals surface area contributed by atoms with Gasteiger partial charge in [0.25, 0.3) is 0 Å². The maximum absolute atomic E-state index is 11.0. The van der Waals surface area contributed by atoms with Crippen LogP contribution in [-0.4, -0.2) is 13.1 Å². The zero-order valence-corrected chi connectivity index (χ0v) is 8.78. The van der Waals surface area contributed by atoms with Gasteiger partial charge in [-0.3, -0.25) is 0 Å². The second kappa shape index (κ2) is 5.18. The summed E-state index contributed by atoms with van der Waals surface area (Å²) in [6.07, 6.45) is 1.13. The molecular formula is C11H8ClNO2. The van der Waals surface area contributed by atoms with Gasteiger partial charge in [-0.15, -0.1) is 0 Å². The number of halogens is 1. The average Bonchev–Trinajstić information content (AvgIpc) is 2.25. The number of rotatable bonds is 2. The summed E-state index contributed by atoms with van der Waals surface area (Å²) < 4.78 is 4.43. The SMILES string of the molecule is COC(=O)C=C(C#N)c1cccc(Cl)c1. The molecule has 0 bridgehead atoms. The Kier molecular flexibility index (Phi) is 3.90. The molecule has 0 unspecified atom stereocenters. The molecule has 4 heteroatoms. The van der Waals surface area contributed by atoms with E-state index in [2.05, 4.69) is 4.74 Å². The number of carbonyl (C=O) groups excluding carboxylic acids is 1. The van der Waals surface area contributed by atoms with Crippen molar-refractivity contribution in [3.8, 4) is 6.07 Å². The Balaban J connectivity index is 3.09. The summed E-state index contributed by atoms with van der Waals surface area (Å²) in [6.45, 7) is 0. The highest BCUT2D eigenvalue weighted by molar-refractivity contribution is 6.30. The highest BCUT2D eigenvalue weighted by atomic mass is 35.5. The van der Waals surface area contributed by atoms with Crippen LogP contribution in [0.4, 0.5) is 0 Å². The van der Waals surface area contributed by atoms with E-state index < -0.39 is 5.97 Å². The van der Waals surface area contributed by atoms with E-state index in [1.165, 1.54) is 7.11 Å². The van der Waals surface area contributed by atoms with Crippen LogP contribution < -0.4 is 0 Å². The lowest BCUT2D eigenvalue weighted by atomic mass is 10.1. The van der Waals surface area contributed by atoms with E-state index in [0.29, 0.717) is 10.6 Å². The fourth-order valence-electron chi connectivity index (χ4n) is 1.01. The third-order valence-electron chi connectivity index (χ3n) is 1.72. The van der Waals surface area contributed by atoms with Gasteiger partial charge in [0.2, 0.25) is 0 Å². The first-order valence-corrected chi connectivity index (χ1v) is 4.51. The lowest BCUT2D eigenvalue weighted by Crippen LogP contribution is -1.96. The Morgan fingerprint density at radius 3 is 2.87 bits per heavy atom. The number of ether oxygens (including phenoxy) is 1. The van der Waals surface area contributed by atoms with E-state index in [9.17, 15) is 4.79 Å². The minimum Gasteiger partial charge on any atom is -0.466 e. The molecular weight excluding hydrogens is 214 g/mol. The van der Waals surface area contributed by atoms with Crippen LogP contribution >= 0.6 is 11.6 Å². The normalized spacial score (nSPS) is 10.6. The minimum absolute atomic E-state index is 0.226. The minimum atomic E-state index is -0.563. The van der Waals surface area contributed by atoms with Crippen LogP contribution in [0.15, 0.2) is 30.3 Å². The smallest absolute Gasteiger partial charge is 0.331 e. The number of hydrogen-bond donors (Lipinski definition) is 0. The van der Waals surface area contributed by atoms with Gasteiger partial charge in [-0.2, -0.15) is 5.26 Å². The number of nitriles is 1. The Hall–Kier alpha value is -1.79. The molecule has 0 spiro atoms. The van der Waals surface area contributed by atoms with E-state index in [1.807, 2.05) is 6.07 Å². The molecule has 0 atom stereocenters. The predicted molar refractivity (Wildman–Crippen MR) is 57.1 cm³/mol. The standard InChI is InChI=1S/C11H8ClNO2/c1-15-11(14)6-9(7-13)8-3-2-4-10(12)5-8/h2-6H,1H3. The maximum atomic E-state index is 11.0. The first-order chi connectivity index (χ1) is 7.17. The van der Waals surface area contributed by atoms with Gasteiger partial charge in [0.15, 0.2) is 0 Å². The molecule has 0 saturated carbocycles. The summed E-state index contributed by atoms with van der Waals surface area (Å²) in [7, 11) is 1.26. The van der Waals surface area contributed by atoms with Crippen molar-refractivity contribution < 1.29 is 9.53 Å². The zero-order valence-electron chi connectivity index (χ0n) is 8.03. The monoisotopic (exact) mass is 221 g/mol. The molecule has 3 nitrogen and oxygen atoms in total. The van der Waals surface area contributed by atoms with Crippen LogP contribution in [0.25, 0.3) is 5.57 Å². The van der Waals surface area contributed by atoms with Gasteiger partial charge in [0.1, 0.15) is 6.07 Å². The number of nitrogens with zero attached hydrogens (tertiary/aromatic N) is 1. The molecule has 15 heavy (non-hydrogen) atoms. The number of esters is 1. The highest BCUT2D eigenvalue weighted by Gasteiger charge is 2.04. The number of benzene rings is 1. The van der Waals surface area contributed by atoms with Crippen LogP contribution in [0.3, 0.4) is 0 Å². The van der Waals surface area contributed by atoms with Crippen LogP contribution in [0.1, 0.15) is 5.56 Å². The van der Waals surface area contributed by atoms with E-state index in [4.69, 9.17) is 16.9 Å². The van der Waals surface area contributed by atoms with Crippen molar-refractivity contribution in [2.24, 2.45) is 0 Å². The molecule has 76 valence electrons. The maximum Gasteiger partial charge on any atom is 0.331 e. The first-order valence-electron chi connectivity index (χ1n) is 4.13. The van der Waals surface area contributed by atoms with Gasteiger partial charge >= 0.3 is 5.97 Å². The Morgan fingerprint density at radius 2 is 2.33 bits per heavy atom. The second-order valence-corrected chi connectivity index (χ2v) is 3.14. The molecule has 0 saturated heterocycles. The molecule has 0 aliphatic carbocycles. The van der Waals surface area contributed by atoms with Crippen molar-refractivity contribution in [1.29, 1.82) is 5.26 Å². The summed E-state index contributed by atoms with van der Waals surface area (Å²) in [5.41, 5.74) is 0.819. The molecule has 0 fully saturated rings. The Morgan fingerprint density at radius 1 is 1.60 bits per heavy atom. The van der Waals surface area contributed by atoms with Gasteiger partial charge in [-0.05, 0) is 17.7 Å². The van der Waals surface area contributed by atoms with Crippen LogP contribution in [0.2, 0.25) is 5.02 Å². The molecule has 0 heterocycles. The molecule has 0 aromatic heterocycles. The topological polar surface area (TPSA) is 50.1 Å². The summed E-state index contributed by atoms with van der Waals surface area (Å²) in [5.74, 6) is -0.563. The third-order valence-corrected chi connectivity index (χ3v) is 1.95. The Bertz CT molecular complexity index is 446. The summed E-state index contributed by atoms with van der Waals surface area (Å²) in [4.78, 5) is 11.0. The van der Waals surface area contributed by atoms with E-state index in [0.717, 1.165) is 6.08 Å². The van der Waals surface area contributed by atoms with Crippen molar-refractivity contribution >= 4 is 23.1 Å². The first kappa shape index (κ1) is 11.3. The quantitative estimate of drug-likeness (QED) is 0.438. The van der Waals surface area contributed by atoms with Crippen molar-refractivity contribution in [2.75, 3.05) is 7.11 Å². The molecule has 0 aliphatic rings. The lowest BCUT2D eigenvalue weighted by molar-refractivity contribution is -0.134. The van der Waals surface area contributed by atoms with Crippen LogP contribution in [-0.2, 0) is 9.53 Å². The van der Waals surface area contributed by atoms with Crippen molar-refractivity contribution in [3.05, 3.63) is 40.9 Å². The van der Waals surface area contributed by atoms with Crippen LogP contribution in [0, 0.1) is 11.3 Å². The van der Waals surface area contributed by atoms with Gasteiger partial charge < -0.3 is 4.74 Å². The van der Waals surface area contributed by atoms with Crippen molar-refractivity contribution in [3.63, 3.8) is 0 Å². The molecule has 0 N–H and O–H groups in total. The number of allylic oxidation sites excluding steroid dienone is 1. The second-order valence-electron chi connectivity index (χ2n) is 2.70. The van der Waals surface area contributed by atoms with Gasteiger partial charge in [-0.1, -0.05) is 23.7 Å². The fourth-order valence-corrected chi connectivity index (χ4v) is 1.20. The van der Waals surface area contributed by atoms with Gasteiger partial charge in [0.05, 0.1) is 12.7 Å². The molecule has 1 rings (SSSR count). The van der Waals surface area contributed by atoms with Gasteiger partial charge in [0, 0.05) is 11.1 Å². The molecule has 1 aromatic carbocycles. The van der Waals surface area contributed by atoms with Crippen molar-refractivity contribution in [2.45, 2.75) is 0 Å². The third kappa shape index (κ3) is 3.12. The fraction of sp³-hybridized carbons (Fsp3) is 0.0909. The molecule has 0 aliphatic heterocycles. The summed E-state index contributed by atoms with van der Waals surface area (Å²) in [5, 5.41) is 9.36. The summed E-state index contributed by atoms with van der Waals surface area (Å²) >= 11 is 5.76. The van der Waals surface area contributed by atoms with Gasteiger partial charge in [-0.25, -0.2) is 4.79 Å². The van der Waals surface area contributed by atoms with E-state index in [1.54, 1.807) is 24.3 Å². The summed E-state index contributed by atoms with van der Waals surface area (Å²) in [6, 6.07) is 8.62. The number of methoxy groups -OCH3 is 1. The molecule has 0 radical (unpaired) electrons. The van der Waals surface area contributed by atoms with Crippen molar-refractivity contribution in [1.82, 2.24) is 0 Å². The zero-order chi connectivity index (χ0) is 11.3. The predicted octanol–water partition coefficient (Wildman–Crippen LogP) is 2.42. The number of hydrogen-bond acceptors (Lipinski definition) is 3. The molecule has 0 amide bonds. The average molecular weight is 222 g/mol. The highest BCUT2D eigenvalue weighted by Crippen LogP contribution is 2.18. The Labute approximate surface area is 92.5 Å². The largest absolute Gasteiger partial charge is 0.466 e. The van der Waals surface area contributed by atoms with E-state index in [-0.39, 0.29) is 5.57 Å². The number of carbonyl (C=O) groups is 1. The molecule has 1 aromatic rings.